The van der Waals surface area contributed by atoms with Crippen LogP contribution in [0.25, 0.3) is 0 Å². The normalized spacial score (nSPS) is 22.2. The number of amides is 1. The second-order valence-corrected chi connectivity index (χ2v) is 8.91. The minimum absolute atomic E-state index is 0.151. The van der Waals surface area contributed by atoms with Crippen LogP contribution in [0.2, 0.25) is 0 Å². The smallest absolute Gasteiger partial charge is 0.257 e. The van der Waals surface area contributed by atoms with Gasteiger partial charge >= 0.3 is 0 Å². The number of likely N-dealkylation sites (tertiary alicyclic amines) is 1. The van der Waals surface area contributed by atoms with E-state index < -0.39 is 10.0 Å². The van der Waals surface area contributed by atoms with Crippen molar-refractivity contribution in [1.29, 1.82) is 0 Å². The molecule has 0 aromatic heterocycles. The van der Waals surface area contributed by atoms with Crippen LogP contribution in [0.3, 0.4) is 0 Å². The first kappa shape index (κ1) is 18.2. The molecule has 0 aliphatic carbocycles. The number of hydrogen-bond acceptors (Lipinski definition) is 4. The van der Waals surface area contributed by atoms with E-state index in [2.05, 4.69) is 6.92 Å². The molecule has 0 saturated carbocycles. The number of nitrogens with zero attached hydrogens (tertiary/aromatic N) is 2. The zero-order chi connectivity index (χ0) is 18.0. The highest BCUT2D eigenvalue weighted by Gasteiger charge is 2.30. The van der Waals surface area contributed by atoms with Crippen molar-refractivity contribution in [2.24, 2.45) is 5.92 Å². The summed E-state index contributed by atoms with van der Waals surface area (Å²) in [4.78, 5) is 14.9. The summed E-state index contributed by atoms with van der Waals surface area (Å²) in [6.07, 6.45) is 3.85. The number of methoxy groups -OCH3 is 1. The van der Waals surface area contributed by atoms with Gasteiger partial charge < -0.3 is 9.64 Å². The molecule has 1 aromatic carbocycles. The van der Waals surface area contributed by atoms with Crippen molar-refractivity contribution in [2.75, 3.05) is 33.3 Å². The van der Waals surface area contributed by atoms with Crippen molar-refractivity contribution in [3.63, 3.8) is 0 Å². The van der Waals surface area contributed by atoms with Gasteiger partial charge in [-0.05, 0) is 49.8 Å². The van der Waals surface area contributed by atoms with Gasteiger partial charge in [0.15, 0.2) is 0 Å². The van der Waals surface area contributed by atoms with Crippen LogP contribution in [-0.2, 0) is 10.0 Å². The molecule has 2 fully saturated rings. The fraction of sp³-hybridized carbons (Fsp3) is 0.611. The fourth-order valence-corrected chi connectivity index (χ4v) is 5.18. The summed E-state index contributed by atoms with van der Waals surface area (Å²) in [6, 6.07) is 4.60. The predicted molar refractivity (Wildman–Crippen MR) is 95.3 cm³/mol. The maximum Gasteiger partial charge on any atom is 0.257 e. The largest absolute Gasteiger partial charge is 0.496 e. The van der Waals surface area contributed by atoms with Gasteiger partial charge in [-0.15, -0.1) is 0 Å². The van der Waals surface area contributed by atoms with Gasteiger partial charge in [-0.25, -0.2) is 8.42 Å². The average Bonchev–Trinajstić information content (AvgIpc) is 3.16. The molecule has 1 amide bonds. The molecule has 2 aliphatic rings. The molecule has 2 aliphatic heterocycles. The van der Waals surface area contributed by atoms with Gasteiger partial charge in [0.25, 0.3) is 5.91 Å². The molecule has 25 heavy (non-hydrogen) atoms. The Morgan fingerprint density at radius 1 is 1.16 bits per heavy atom. The second-order valence-electron chi connectivity index (χ2n) is 6.97. The van der Waals surface area contributed by atoms with Crippen LogP contribution in [0, 0.1) is 5.92 Å². The Morgan fingerprint density at radius 3 is 2.52 bits per heavy atom. The molecule has 1 aromatic rings. The van der Waals surface area contributed by atoms with Gasteiger partial charge in [0.2, 0.25) is 10.0 Å². The predicted octanol–water partition coefficient (Wildman–Crippen LogP) is 2.35. The quantitative estimate of drug-likeness (QED) is 0.820. The van der Waals surface area contributed by atoms with Gasteiger partial charge in [-0.3, -0.25) is 4.79 Å². The molecular weight excluding hydrogens is 340 g/mol. The van der Waals surface area contributed by atoms with E-state index in [0.29, 0.717) is 43.4 Å². The zero-order valence-corrected chi connectivity index (χ0v) is 15.7. The molecule has 0 unspecified atom stereocenters. The summed E-state index contributed by atoms with van der Waals surface area (Å²) in [6.45, 7) is 4.62. The highest BCUT2D eigenvalue weighted by atomic mass is 32.2. The summed E-state index contributed by atoms with van der Waals surface area (Å²) in [5, 5.41) is 0. The maximum atomic E-state index is 13.0. The molecule has 138 valence electrons. The Morgan fingerprint density at radius 2 is 1.88 bits per heavy atom. The Labute approximate surface area is 149 Å². The number of carbonyl (C=O) groups excluding carboxylic acids is 1. The van der Waals surface area contributed by atoms with Crippen molar-refractivity contribution >= 4 is 15.9 Å². The monoisotopic (exact) mass is 366 g/mol. The number of rotatable bonds is 4. The van der Waals surface area contributed by atoms with Crippen molar-refractivity contribution in [3.8, 4) is 5.75 Å². The van der Waals surface area contributed by atoms with Crippen LogP contribution in [-0.4, -0.2) is 56.8 Å². The first-order valence-corrected chi connectivity index (χ1v) is 10.3. The minimum atomic E-state index is -3.55. The van der Waals surface area contributed by atoms with Crippen molar-refractivity contribution < 1.29 is 17.9 Å². The summed E-state index contributed by atoms with van der Waals surface area (Å²) in [7, 11) is -2.05. The second kappa shape index (κ2) is 7.33. The molecule has 1 atom stereocenters. The van der Waals surface area contributed by atoms with Gasteiger partial charge in [0, 0.05) is 26.2 Å². The topological polar surface area (TPSA) is 66.9 Å². The summed E-state index contributed by atoms with van der Waals surface area (Å²) in [5.74, 6) is 0.727. The molecule has 3 rings (SSSR count). The number of carbonyl (C=O) groups is 1. The molecule has 0 bridgehead atoms. The van der Waals surface area contributed by atoms with E-state index in [-0.39, 0.29) is 10.8 Å². The van der Waals surface area contributed by atoms with Crippen molar-refractivity contribution in [2.45, 2.75) is 37.5 Å². The van der Waals surface area contributed by atoms with Gasteiger partial charge in [0.05, 0.1) is 17.6 Å². The van der Waals surface area contributed by atoms with Gasteiger partial charge in [-0.1, -0.05) is 6.92 Å². The zero-order valence-electron chi connectivity index (χ0n) is 14.9. The third-order valence-electron chi connectivity index (χ3n) is 5.05. The Bertz CT molecular complexity index is 741. The first-order chi connectivity index (χ1) is 11.9. The van der Waals surface area contributed by atoms with E-state index in [0.717, 1.165) is 25.7 Å². The lowest BCUT2D eigenvalue weighted by Crippen LogP contribution is -2.39. The van der Waals surface area contributed by atoms with Crippen LogP contribution >= 0.6 is 0 Å². The van der Waals surface area contributed by atoms with E-state index >= 15 is 0 Å². The lowest BCUT2D eigenvalue weighted by Gasteiger charge is -2.31. The third-order valence-corrected chi connectivity index (χ3v) is 6.94. The lowest BCUT2D eigenvalue weighted by molar-refractivity contribution is 0.0679. The van der Waals surface area contributed by atoms with Crippen LogP contribution in [0.15, 0.2) is 23.1 Å². The van der Waals surface area contributed by atoms with E-state index in [4.69, 9.17) is 4.74 Å². The molecule has 0 radical (unpaired) electrons. The average molecular weight is 366 g/mol. The van der Waals surface area contributed by atoms with E-state index in [1.54, 1.807) is 11.0 Å². The molecule has 6 nitrogen and oxygen atoms in total. The van der Waals surface area contributed by atoms with Gasteiger partial charge in [-0.2, -0.15) is 4.31 Å². The summed E-state index contributed by atoms with van der Waals surface area (Å²) in [5.41, 5.74) is 0.330. The van der Waals surface area contributed by atoms with E-state index in [1.165, 1.54) is 23.5 Å². The Balaban J connectivity index is 1.93. The highest BCUT2D eigenvalue weighted by Crippen LogP contribution is 2.28. The van der Waals surface area contributed by atoms with Crippen LogP contribution in [0.5, 0.6) is 5.75 Å². The fourth-order valence-electron chi connectivity index (χ4n) is 3.64. The highest BCUT2D eigenvalue weighted by molar-refractivity contribution is 7.89. The number of benzene rings is 1. The first-order valence-electron chi connectivity index (χ1n) is 8.91. The summed E-state index contributed by atoms with van der Waals surface area (Å²) < 4.78 is 32.4. The molecule has 2 saturated heterocycles. The standard InChI is InChI=1S/C18H26N2O4S/c1-14-6-5-9-19(13-14)18(21)16-12-15(7-8-17(16)24-2)25(22,23)20-10-3-4-11-20/h7-8,12,14H,3-6,9-11,13H2,1-2H3/t14-/m1/s1. The maximum absolute atomic E-state index is 13.0. The van der Waals surface area contributed by atoms with Crippen LogP contribution < -0.4 is 4.74 Å². The van der Waals surface area contributed by atoms with Crippen LogP contribution in [0.4, 0.5) is 0 Å². The Hall–Kier alpha value is -1.60. The summed E-state index contributed by atoms with van der Waals surface area (Å²) >= 11 is 0. The van der Waals surface area contributed by atoms with Gasteiger partial charge in [0.1, 0.15) is 5.75 Å². The molecule has 0 spiro atoms. The number of ether oxygens (including phenoxy) is 1. The Kier molecular flexibility index (Phi) is 5.34. The minimum Gasteiger partial charge on any atom is -0.496 e. The molecular formula is C18H26N2O4S. The van der Waals surface area contributed by atoms with Crippen molar-refractivity contribution in [3.05, 3.63) is 23.8 Å². The number of sulfonamides is 1. The number of piperidine rings is 1. The SMILES string of the molecule is COc1ccc(S(=O)(=O)N2CCCC2)cc1C(=O)N1CCC[C@@H](C)C1. The third kappa shape index (κ3) is 3.67. The van der Waals surface area contributed by atoms with E-state index in [9.17, 15) is 13.2 Å². The number of hydrogen-bond donors (Lipinski definition) is 0. The lowest BCUT2D eigenvalue weighted by atomic mass is 9.99. The van der Waals surface area contributed by atoms with Crippen molar-refractivity contribution in [1.82, 2.24) is 9.21 Å². The molecule has 2 heterocycles. The van der Waals surface area contributed by atoms with Crippen LogP contribution in [0.1, 0.15) is 43.0 Å². The van der Waals surface area contributed by atoms with E-state index in [1.807, 2.05) is 0 Å². The molecule has 7 heteroatoms. The molecule has 0 N–H and O–H groups in total.